The van der Waals surface area contributed by atoms with Crippen molar-refractivity contribution in [2.24, 2.45) is 0 Å². The van der Waals surface area contributed by atoms with Crippen LogP contribution in [0.4, 0.5) is 5.69 Å². The number of hydrogen-bond donors (Lipinski definition) is 1. The van der Waals surface area contributed by atoms with Gasteiger partial charge < -0.3 is 10.1 Å². The molecule has 22 heavy (non-hydrogen) atoms. The number of carbonyl (C=O) groups is 1. The van der Waals surface area contributed by atoms with Gasteiger partial charge in [0.15, 0.2) is 0 Å². The minimum Gasteiger partial charge on any atom is -0.423 e. The van der Waals surface area contributed by atoms with E-state index in [4.69, 9.17) is 4.74 Å². The zero-order chi connectivity index (χ0) is 15.6. The van der Waals surface area contributed by atoms with Gasteiger partial charge in [-0.3, -0.25) is 0 Å². The molecule has 3 nitrogen and oxygen atoms in total. The number of benzene rings is 2. The Kier molecular flexibility index (Phi) is 6.49. The standard InChI is InChI=1S/C19H23NO2/c1-2-3-4-10-15-20-18-14-9-8-13-17(18)19(21)22-16-11-6-5-7-12-16/h5-9,11-14,20H,2-4,10,15H2,1H3. The van der Waals surface area contributed by atoms with Gasteiger partial charge in [-0.15, -0.1) is 0 Å². The minimum atomic E-state index is -0.331. The van der Waals surface area contributed by atoms with E-state index in [0.29, 0.717) is 11.3 Å². The summed E-state index contributed by atoms with van der Waals surface area (Å²) in [6.45, 7) is 3.07. The number of esters is 1. The number of unbranched alkanes of at least 4 members (excludes halogenated alkanes) is 3. The number of para-hydroxylation sites is 2. The first-order chi connectivity index (χ1) is 10.8. The van der Waals surface area contributed by atoms with E-state index in [2.05, 4.69) is 12.2 Å². The fraction of sp³-hybridized carbons (Fsp3) is 0.316. The van der Waals surface area contributed by atoms with Crippen LogP contribution in [0.2, 0.25) is 0 Å². The lowest BCUT2D eigenvalue weighted by Crippen LogP contribution is -2.13. The van der Waals surface area contributed by atoms with Gasteiger partial charge in [-0.05, 0) is 30.7 Å². The van der Waals surface area contributed by atoms with E-state index in [1.54, 1.807) is 18.2 Å². The SMILES string of the molecule is CCCCCCNc1ccccc1C(=O)Oc1ccccc1. The summed E-state index contributed by atoms with van der Waals surface area (Å²) in [4.78, 5) is 12.3. The molecule has 0 fully saturated rings. The molecule has 0 heterocycles. The van der Waals surface area contributed by atoms with Crippen LogP contribution in [0.25, 0.3) is 0 Å². The van der Waals surface area contributed by atoms with Gasteiger partial charge in [0.1, 0.15) is 5.75 Å². The van der Waals surface area contributed by atoms with Crippen LogP contribution in [-0.4, -0.2) is 12.5 Å². The summed E-state index contributed by atoms with van der Waals surface area (Å²) in [5, 5.41) is 3.34. The van der Waals surface area contributed by atoms with Gasteiger partial charge in [0.2, 0.25) is 0 Å². The number of rotatable bonds is 8. The lowest BCUT2D eigenvalue weighted by molar-refractivity contribution is 0.0736. The molecule has 0 amide bonds. The summed E-state index contributed by atoms with van der Waals surface area (Å²) in [6, 6.07) is 16.6. The zero-order valence-corrected chi connectivity index (χ0v) is 13.0. The van der Waals surface area contributed by atoms with Gasteiger partial charge in [-0.25, -0.2) is 4.79 Å². The first-order valence-corrected chi connectivity index (χ1v) is 7.91. The van der Waals surface area contributed by atoms with Crippen LogP contribution in [0.5, 0.6) is 5.75 Å². The molecule has 2 aromatic rings. The van der Waals surface area contributed by atoms with E-state index >= 15 is 0 Å². The predicted molar refractivity (Wildman–Crippen MR) is 90.5 cm³/mol. The molecule has 0 unspecified atom stereocenters. The summed E-state index contributed by atoms with van der Waals surface area (Å²) in [6.07, 6.45) is 4.79. The largest absolute Gasteiger partial charge is 0.423 e. The van der Waals surface area contributed by atoms with E-state index < -0.39 is 0 Å². The predicted octanol–water partition coefficient (Wildman–Crippen LogP) is 4.90. The highest BCUT2D eigenvalue weighted by Gasteiger charge is 2.12. The van der Waals surface area contributed by atoms with Crippen LogP contribution in [0, 0.1) is 0 Å². The van der Waals surface area contributed by atoms with Gasteiger partial charge in [-0.1, -0.05) is 56.5 Å². The Labute approximate surface area is 132 Å². The van der Waals surface area contributed by atoms with Crippen LogP contribution in [-0.2, 0) is 0 Å². The average molecular weight is 297 g/mol. The Balaban J connectivity index is 1.96. The van der Waals surface area contributed by atoms with E-state index in [0.717, 1.165) is 18.7 Å². The van der Waals surface area contributed by atoms with Crippen molar-refractivity contribution in [1.29, 1.82) is 0 Å². The van der Waals surface area contributed by atoms with E-state index in [9.17, 15) is 4.79 Å². The van der Waals surface area contributed by atoms with Crippen LogP contribution in [0.1, 0.15) is 43.0 Å². The van der Waals surface area contributed by atoms with Crippen LogP contribution < -0.4 is 10.1 Å². The molecule has 0 spiro atoms. The minimum absolute atomic E-state index is 0.331. The topological polar surface area (TPSA) is 38.3 Å². The molecular formula is C19H23NO2. The van der Waals surface area contributed by atoms with Crippen LogP contribution >= 0.6 is 0 Å². The maximum absolute atomic E-state index is 12.3. The Bertz CT molecular complexity index is 581. The Hall–Kier alpha value is -2.29. The second-order valence-corrected chi connectivity index (χ2v) is 5.24. The molecule has 116 valence electrons. The molecule has 0 aliphatic rings. The average Bonchev–Trinajstić information content (AvgIpc) is 2.56. The van der Waals surface area contributed by atoms with Gasteiger partial charge in [-0.2, -0.15) is 0 Å². The lowest BCUT2D eigenvalue weighted by Gasteiger charge is -2.11. The molecule has 0 aromatic heterocycles. The van der Waals surface area contributed by atoms with Gasteiger partial charge in [0, 0.05) is 12.2 Å². The Morgan fingerprint density at radius 1 is 0.955 bits per heavy atom. The maximum atomic E-state index is 12.3. The third-order valence-electron chi connectivity index (χ3n) is 3.45. The smallest absolute Gasteiger partial charge is 0.345 e. The number of anilines is 1. The molecule has 0 atom stereocenters. The van der Waals surface area contributed by atoms with Crippen molar-refractivity contribution in [1.82, 2.24) is 0 Å². The lowest BCUT2D eigenvalue weighted by atomic mass is 10.1. The third-order valence-corrected chi connectivity index (χ3v) is 3.45. The van der Waals surface area contributed by atoms with Crippen LogP contribution in [0.15, 0.2) is 54.6 Å². The summed E-state index contributed by atoms with van der Waals surface area (Å²) in [7, 11) is 0. The second-order valence-electron chi connectivity index (χ2n) is 5.24. The molecule has 2 rings (SSSR count). The highest BCUT2D eigenvalue weighted by molar-refractivity contribution is 5.96. The molecule has 0 aliphatic carbocycles. The summed E-state index contributed by atoms with van der Waals surface area (Å²) in [5.41, 5.74) is 1.40. The second kappa shape index (κ2) is 8.88. The van der Waals surface area contributed by atoms with Crippen molar-refractivity contribution in [3.8, 4) is 5.75 Å². The number of hydrogen-bond acceptors (Lipinski definition) is 3. The Morgan fingerprint density at radius 2 is 1.68 bits per heavy atom. The normalized spacial score (nSPS) is 10.2. The van der Waals surface area contributed by atoms with Crippen molar-refractivity contribution in [3.63, 3.8) is 0 Å². The van der Waals surface area contributed by atoms with Crippen molar-refractivity contribution in [2.75, 3.05) is 11.9 Å². The van der Waals surface area contributed by atoms with Crippen molar-refractivity contribution in [3.05, 3.63) is 60.2 Å². The number of nitrogens with one attached hydrogen (secondary N) is 1. The van der Waals surface area contributed by atoms with E-state index in [-0.39, 0.29) is 5.97 Å². The van der Waals surface area contributed by atoms with Crippen molar-refractivity contribution >= 4 is 11.7 Å². The fourth-order valence-electron chi connectivity index (χ4n) is 2.24. The van der Waals surface area contributed by atoms with Crippen molar-refractivity contribution in [2.45, 2.75) is 32.6 Å². The molecule has 3 heteroatoms. The molecule has 0 saturated carbocycles. The fourth-order valence-corrected chi connectivity index (χ4v) is 2.24. The van der Waals surface area contributed by atoms with Gasteiger partial charge in [0.25, 0.3) is 0 Å². The zero-order valence-electron chi connectivity index (χ0n) is 13.0. The molecule has 0 aliphatic heterocycles. The number of carbonyl (C=O) groups excluding carboxylic acids is 1. The molecular weight excluding hydrogens is 274 g/mol. The molecule has 0 radical (unpaired) electrons. The summed E-state index contributed by atoms with van der Waals surface area (Å²) < 4.78 is 5.41. The molecule has 1 N–H and O–H groups in total. The van der Waals surface area contributed by atoms with Crippen molar-refractivity contribution < 1.29 is 9.53 Å². The summed E-state index contributed by atoms with van der Waals surface area (Å²) in [5.74, 6) is 0.230. The first kappa shape index (κ1) is 16.1. The highest BCUT2D eigenvalue weighted by Crippen LogP contribution is 2.18. The highest BCUT2D eigenvalue weighted by atomic mass is 16.5. The third kappa shape index (κ3) is 4.92. The maximum Gasteiger partial charge on any atom is 0.345 e. The molecule has 0 bridgehead atoms. The van der Waals surface area contributed by atoms with E-state index in [1.165, 1.54) is 19.3 Å². The Morgan fingerprint density at radius 3 is 2.45 bits per heavy atom. The quantitative estimate of drug-likeness (QED) is 0.428. The molecule has 2 aromatic carbocycles. The monoisotopic (exact) mass is 297 g/mol. The number of ether oxygens (including phenoxy) is 1. The summed E-state index contributed by atoms with van der Waals surface area (Å²) >= 11 is 0. The van der Waals surface area contributed by atoms with Gasteiger partial charge in [0.05, 0.1) is 5.56 Å². The molecule has 0 saturated heterocycles. The van der Waals surface area contributed by atoms with Gasteiger partial charge >= 0.3 is 5.97 Å². The first-order valence-electron chi connectivity index (χ1n) is 7.91. The van der Waals surface area contributed by atoms with E-state index in [1.807, 2.05) is 36.4 Å². The van der Waals surface area contributed by atoms with Crippen LogP contribution in [0.3, 0.4) is 0 Å².